The van der Waals surface area contributed by atoms with Crippen LogP contribution in [0.25, 0.3) is 11.4 Å². The summed E-state index contributed by atoms with van der Waals surface area (Å²) in [5, 5.41) is 0. The lowest BCUT2D eigenvalue weighted by atomic mass is 10.0. The molecule has 1 saturated carbocycles. The molecule has 2 heterocycles. The van der Waals surface area contributed by atoms with E-state index in [1.165, 1.54) is 16.7 Å². The molecule has 5 nitrogen and oxygen atoms in total. The molecule has 0 radical (unpaired) electrons. The van der Waals surface area contributed by atoms with Crippen LogP contribution in [0.1, 0.15) is 35.2 Å². The lowest BCUT2D eigenvalue weighted by Crippen LogP contribution is -2.49. The fourth-order valence-corrected chi connectivity index (χ4v) is 4.40. The van der Waals surface area contributed by atoms with Gasteiger partial charge in [0, 0.05) is 55.3 Å². The Hall–Kier alpha value is -3.21. The number of carbonyl (C=O) groups is 1. The Morgan fingerprint density at radius 2 is 1.59 bits per heavy atom. The molecule has 2 aliphatic rings. The summed E-state index contributed by atoms with van der Waals surface area (Å²) < 4.78 is 0. The molecule has 0 atom stereocenters. The van der Waals surface area contributed by atoms with Crippen molar-refractivity contribution in [2.75, 3.05) is 31.1 Å². The molecule has 1 aliphatic heterocycles. The number of hydrogen-bond donors (Lipinski definition) is 0. The molecule has 5 rings (SSSR count). The van der Waals surface area contributed by atoms with E-state index < -0.39 is 0 Å². The molecule has 1 amide bonds. The Kier molecular flexibility index (Phi) is 5.64. The van der Waals surface area contributed by atoms with Crippen molar-refractivity contribution < 1.29 is 4.79 Å². The minimum absolute atomic E-state index is 0.282. The maximum absolute atomic E-state index is 12.5. The molecule has 0 N–H and O–H groups in total. The van der Waals surface area contributed by atoms with Crippen molar-refractivity contribution in [2.45, 2.75) is 33.1 Å². The van der Waals surface area contributed by atoms with Crippen LogP contribution < -0.4 is 4.90 Å². The van der Waals surface area contributed by atoms with Crippen molar-refractivity contribution in [1.82, 2.24) is 14.9 Å². The summed E-state index contributed by atoms with van der Waals surface area (Å²) in [4.78, 5) is 26.9. The standard InChI is InChI=1S/C27H30N4O/c1-19-8-10-21(11-9-19)18-24-20(2)28-25(22-6-4-3-5-7-22)29-26(24)30-14-16-31(17-15-30)27(32)23-12-13-23/h3-11,23H,12-18H2,1-2H3. The number of aromatic nitrogens is 2. The first-order chi connectivity index (χ1) is 15.6. The van der Waals surface area contributed by atoms with E-state index in [1.54, 1.807) is 0 Å². The highest BCUT2D eigenvalue weighted by atomic mass is 16.2. The highest BCUT2D eigenvalue weighted by molar-refractivity contribution is 5.81. The third kappa shape index (κ3) is 4.38. The largest absolute Gasteiger partial charge is 0.353 e. The first-order valence-electron chi connectivity index (χ1n) is 11.6. The van der Waals surface area contributed by atoms with Gasteiger partial charge in [-0.3, -0.25) is 4.79 Å². The van der Waals surface area contributed by atoms with Gasteiger partial charge in [0.2, 0.25) is 5.91 Å². The molecule has 1 aliphatic carbocycles. The van der Waals surface area contributed by atoms with E-state index in [2.05, 4.69) is 55.1 Å². The normalized spacial score (nSPS) is 16.3. The second kappa shape index (κ2) is 8.73. The first kappa shape index (κ1) is 20.7. The number of benzene rings is 2. The monoisotopic (exact) mass is 426 g/mol. The number of piperazine rings is 1. The van der Waals surface area contributed by atoms with Crippen molar-refractivity contribution in [2.24, 2.45) is 5.92 Å². The summed E-state index contributed by atoms with van der Waals surface area (Å²) in [6.07, 6.45) is 2.92. The molecule has 5 heteroatoms. The number of nitrogens with zero attached hydrogens (tertiary/aromatic N) is 4. The van der Waals surface area contributed by atoms with Crippen LogP contribution in [0.5, 0.6) is 0 Å². The number of anilines is 1. The van der Waals surface area contributed by atoms with Crippen LogP contribution >= 0.6 is 0 Å². The number of hydrogen-bond acceptors (Lipinski definition) is 4. The van der Waals surface area contributed by atoms with Crippen molar-refractivity contribution in [1.29, 1.82) is 0 Å². The Morgan fingerprint density at radius 3 is 2.25 bits per heavy atom. The van der Waals surface area contributed by atoms with Crippen molar-refractivity contribution in [3.63, 3.8) is 0 Å². The maximum Gasteiger partial charge on any atom is 0.225 e. The maximum atomic E-state index is 12.5. The highest BCUT2D eigenvalue weighted by Gasteiger charge is 2.35. The van der Waals surface area contributed by atoms with Crippen LogP contribution in [0.3, 0.4) is 0 Å². The SMILES string of the molecule is Cc1ccc(Cc2c(C)nc(-c3ccccc3)nc2N2CCN(C(=O)C3CC3)CC2)cc1. The van der Waals surface area contributed by atoms with Crippen LogP contribution in [0.15, 0.2) is 54.6 Å². The van der Waals surface area contributed by atoms with E-state index in [1.807, 2.05) is 23.1 Å². The minimum atomic E-state index is 0.282. The number of amides is 1. The van der Waals surface area contributed by atoms with Gasteiger partial charge in [0.05, 0.1) is 0 Å². The van der Waals surface area contributed by atoms with Gasteiger partial charge >= 0.3 is 0 Å². The van der Waals surface area contributed by atoms with E-state index >= 15 is 0 Å². The zero-order valence-corrected chi connectivity index (χ0v) is 18.9. The lowest BCUT2D eigenvalue weighted by molar-refractivity contribution is -0.132. The summed E-state index contributed by atoms with van der Waals surface area (Å²) in [6, 6.07) is 18.9. The van der Waals surface area contributed by atoms with Gasteiger partial charge in [-0.25, -0.2) is 9.97 Å². The quantitative estimate of drug-likeness (QED) is 0.606. The Bertz CT molecular complexity index is 1100. The van der Waals surface area contributed by atoms with Crippen LogP contribution in [-0.2, 0) is 11.2 Å². The predicted molar refractivity (Wildman–Crippen MR) is 128 cm³/mol. The van der Waals surface area contributed by atoms with Crippen LogP contribution in [0, 0.1) is 19.8 Å². The molecule has 0 bridgehead atoms. The van der Waals surface area contributed by atoms with Crippen LogP contribution in [0.4, 0.5) is 5.82 Å². The van der Waals surface area contributed by atoms with Crippen LogP contribution in [-0.4, -0.2) is 47.0 Å². The van der Waals surface area contributed by atoms with E-state index in [0.29, 0.717) is 5.91 Å². The molecule has 2 aromatic carbocycles. The Balaban J connectivity index is 1.47. The summed E-state index contributed by atoms with van der Waals surface area (Å²) >= 11 is 0. The molecule has 1 aromatic heterocycles. The summed E-state index contributed by atoms with van der Waals surface area (Å²) in [6.45, 7) is 7.36. The van der Waals surface area contributed by atoms with Gasteiger partial charge in [0.15, 0.2) is 5.82 Å². The second-order valence-corrected chi connectivity index (χ2v) is 9.05. The van der Waals surface area contributed by atoms with Gasteiger partial charge in [-0.15, -0.1) is 0 Å². The zero-order chi connectivity index (χ0) is 22.1. The summed E-state index contributed by atoms with van der Waals surface area (Å²) in [5.41, 5.74) is 5.75. The molecular weight excluding hydrogens is 396 g/mol. The second-order valence-electron chi connectivity index (χ2n) is 9.05. The fraction of sp³-hybridized carbons (Fsp3) is 0.370. The first-order valence-corrected chi connectivity index (χ1v) is 11.6. The highest BCUT2D eigenvalue weighted by Crippen LogP contribution is 2.32. The van der Waals surface area contributed by atoms with E-state index in [0.717, 1.165) is 68.3 Å². The topological polar surface area (TPSA) is 49.3 Å². The van der Waals surface area contributed by atoms with Crippen LogP contribution in [0.2, 0.25) is 0 Å². The zero-order valence-electron chi connectivity index (χ0n) is 18.9. The Morgan fingerprint density at radius 1 is 0.906 bits per heavy atom. The molecule has 2 fully saturated rings. The number of aryl methyl sites for hydroxylation is 2. The predicted octanol–water partition coefficient (Wildman–Crippen LogP) is 4.41. The molecule has 32 heavy (non-hydrogen) atoms. The summed E-state index contributed by atoms with van der Waals surface area (Å²) in [5.74, 6) is 2.40. The Labute approximate surface area is 190 Å². The van der Waals surface area contributed by atoms with Crippen molar-refractivity contribution in [3.8, 4) is 11.4 Å². The van der Waals surface area contributed by atoms with E-state index in [4.69, 9.17) is 9.97 Å². The molecular formula is C27H30N4O. The number of carbonyl (C=O) groups excluding carboxylic acids is 1. The van der Waals surface area contributed by atoms with Gasteiger partial charge in [0.1, 0.15) is 5.82 Å². The fourth-order valence-electron chi connectivity index (χ4n) is 4.40. The molecule has 1 saturated heterocycles. The van der Waals surface area contributed by atoms with Gasteiger partial charge in [-0.2, -0.15) is 0 Å². The van der Waals surface area contributed by atoms with Crippen molar-refractivity contribution in [3.05, 3.63) is 77.0 Å². The third-order valence-electron chi connectivity index (χ3n) is 6.54. The van der Waals surface area contributed by atoms with E-state index in [-0.39, 0.29) is 5.92 Å². The number of rotatable bonds is 5. The minimum Gasteiger partial charge on any atom is -0.353 e. The lowest BCUT2D eigenvalue weighted by Gasteiger charge is -2.36. The smallest absolute Gasteiger partial charge is 0.225 e. The van der Waals surface area contributed by atoms with Gasteiger partial charge in [-0.05, 0) is 32.3 Å². The van der Waals surface area contributed by atoms with Gasteiger partial charge in [0.25, 0.3) is 0 Å². The summed E-state index contributed by atoms with van der Waals surface area (Å²) in [7, 11) is 0. The third-order valence-corrected chi connectivity index (χ3v) is 6.54. The van der Waals surface area contributed by atoms with Crippen molar-refractivity contribution >= 4 is 11.7 Å². The van der Waals surface area contributed by atoms with Gasteiger partial charge < -0.3 is 9.80 Å². The molecule has 0 unspecified atom stereocenters. The average Bonchev–Trinajstić information content (AvgIpc) is 3.67. The average molecular weight is 427 g/mol. The van der Waals surface area contributed by atoms with Gasteiger partial charge in [-0.1, -0.05) is 60.2 Å². The molecule has 3 aromatic rings. The van der Waals surface area contributed by atoms with E-state index in [9.17, 15) is 4.79 Å². The molecule has 0 spiro atoms. The molecule has 164 valence electrons.